The number of esters is 1. The van der Waals surface area contributed by atoms with Crippen molar-refractivity contribution in [3.63, 3.8) is 0 Å². The van der Waals surface area contributed by atoms with E-state index < -0.39 is 17.3 Å². The van der Waals surface area contributed by atoms with Crippen LogP contribution < -0.4 is 16.4 Å². The highest BCUT2D eigenvalue weighted by Gasteiger charge is 2.17. The third-order valence-electron chi connectivity index (χ3n) is 4.27. The topological polar surface area (TPSA) is 132 Å². The number of nitrogens with zero attached hydrogens (tertiary/aromatic N) is 1. The molecule has 9 heteroatoms. The molecule has 9 nitrogen and oxygen atoms in total. The zero-order valence-corrected chi connectivity index (χ0v) is 21.3. The second-order valence-corrected chi connectivity index (χ2v) is 10.0. The normalized spacial score (nSPS) is 12.1. The molecule has 0 unspecified atom stereocenters. The number of amides is 2. The molecule has 1 rings (SSSR count). The predicted octanol–water partition coefficient (Wildman–Crippen LogP) is 4.15. The third-order valence-corrected chi connectivity index (χ3v) is 4.27. The molecule has 0 atom stereocenters. The Kier molecular flexibility index (Phi) is 11.5. The van der Waals surface area contributed by atoms with E-state index in [0.29, 0.717) is 24.2 Å². The maximum atomic E-state index is 12.1. The van der Waals surface area contributed by atoms with E-state index in [1.165, 1.54) is 0 Å². The van der Waals surface area contributed by atoms with Crippen molar-refractivity contribution in [3.8, 4) is 0 Å². The van der Waals surface area contributed by atoms with E-state index in [2.05, 4.69) is 15.6 Å². The van der Waals surface area contributed by atoms with Gasteiger partial charge in [0.15, 0.2) is 0 Å². The predicted molar refractivity (Wildman–Crippen MR) is 134 cm³/mol. The monoisotopic (exact) mass is 476 g/mol. The number of aliphatic imine (C=N–C) groups is 1. The van der Waals surface area contributed by atoms with Crippen LogP contribution in [0.15, 0.2) is 29.3 Å². The first-order valence-electron chi connectivity index (χ1n) is 11.7. The molecule has 0 bridgehead atoms. The lowest BCUT2D eigenvalue weighted by Gasteiger charge is -2.19. The van der Waals surface area contributed by atoms with E-state index in [9.17, 15) is 14.4 Å². The zero-order chi connectivity index (χ0) is 25.8. The van der Waals surface area contributed by atoms with Gasteiger partial charge in [-0.05, 0) is 66.5 Å². The lowest BCUT2D eigenvalue weighted by molar-refractivity contribution is -0.154. The largest absolute Gasteiger partial charge is 0.460 e. The van der Waals surface area contributed by atoms with Gasteiger partial charge in [-0.2, -0.15) is 4.99 Å². The van der Waals surface area contributed by atoms with Crippen LogP contribution in [-0.4, -0.2) is 48.1 Å². The molecule has 0 fully saturated rings. The van der Waals surface area contributed by atoms with E-state index in [0.717, 1.165) is 25.7 Å². The number of hydrogen-bond acceptors (Lipinski definition) is 6. The fourth-order valence-corrected chi connectivity index (χ4v) is 2.85. The number of nitrogens with one attached hydrogen (secondary N) is 2. The van der Waals surface area contributed by atoms with Gasteiger partial charge in [0.1, 0.15) is 17.0 Å². The summed E-state index contributed by atoms with van der Waals surface area (Å²) in [4.78, 5) is 39.3. The quantitative estimate of drug-likeness (QED) is 0.189. The summed E-state index contributed by atoms with van der Waals surface area (Å²) < 4.78 is 10.4. The molecule has 0 aliphatic heterocycles. The molecule has 34 heavy (non-hydrogen) atoms. The summed E-state index contributed by atoms with van der Waals surface area (Å²) >= 11 is 0. The van der Waals surface area contributed by atoms with Crippen molar-refractivity contribution in [2.75, 3.05) is 18.4 Å². The van der Waals surface area contributed by atoms with E-state index in [1.807, 2.05) is 20.8 Å². The second-order valence-electron chi connectivity index (χ2n) is 10.0. The van der Waals surface area contributed by atoms with Crippen molar-refractivity contribution < 1.29 is 23.9 Å². The second kappa shape index (κ2) is 13.6. The summed E-state index contributed by atoms with van der Waals surface area (Å²) in [6.07, 6.45) is 3.11. The Bertz CT molecular complexity index is 854. The number of hydrogen-bond donors (Lipinski definition) is 3. The molecule has 1 aromatic carbocycles. The Morgan fingerprint density at radius 3 is 2.24 bits per heavy atom. The maximum Gasteiger partial charge on any atom is 0.436 e. The van der Waals surface area contributed by atoms with Gasteiger partial charge < -0.3 is 25.8 Å². The van der Waals surface area contributed by atoms with Gasteiger partial charge in [-0.25, -0.2) is 4.79 Å². The van der Waals surface area contributed by atoms with Crippen LogP contribution >= 0.6 is 0 Å². The highest BCUT2D eigenvalue weighted by Crippen LogP contribution is 2.13. The molecular weight excluding hydrogens is 436 g/mol. The minimum Gasteiger partial charge on any atom is -0.460 e. The van der Waals surface area contributed by atoms with Crippen molar-refractivity contribution >= 4 is 29.5 Å². The fourth-order valence-electron chi connectivity index (χ4n) is 2.85. The first-order valence-corrected chi connectivity index (χ1v) is 11.7. The number of benzene rings is 1. The van der Waals surface area contributed by atoms with Crippen LogP contribution in [0.2, 0.25) is 0 Å². The van der Waals surface area contributed by atoms with Gasteiger partial charge in [-0.15, -0.1) is 0 Å². The van der Waals surface area contributed by atoms with Gasteiger partial charge in [0.05, 0.1) is 6.54 Å². The highest BCUT2D eigenvalue weighted by atomic mass is 16.6. The van der Waals surface area contributed by atoms with Crippen molar-refractivity contribution in [3.05, 3.63) is 29.8 Å². The molecule has 0 aliphatic rings. The van der Waals surface area contributed by atoms with E-state index in [4.69, 9.17) is 15.2 Å². The minimum absolute atomic E-state index is 0.0361. The Labute approximate surface area is 202 Å². The Balaban J connectivity index is 2.31. The lowest BCUT2D eigenvalue weighted by Crippen LogP contribution is -2.30. The molecule has 0 spiro atoms. The number of unbranched alkanes of at least 4 members (excludes halogenated alkanes) is 3. The van der Waals surface area contributed by atoms with Crippen molar-refractivity contribution in [1.29, 1.82) is 0 Å². The van der Waals surface area contributed by atoms with E-state index in [1.54, 1.807) is 45.0 Å². The van der Waals surface area contributed by atoms with Crippen LogP contribution in [-0.2, 0) is 19.1 Å². The number of anilines is 1. The maximum absolute atomic E-state index is 12.1. The number of ether oxygens (including phenoxy) is 2. The van der Waals surface area contributed by atoms with Gasteiger partial charge in [0.2, 0.25) is 5.91 Å². The van der Waals surface area contributed by atoms with E-state index in [-0.39, 0.29) is 24.3 Å². The molecule has 0 heterocycles. The van der Waals surface area contributed by atoms with Gasteiger partial charge in [0, 0.05) is 24.2 Å². The minimum atomic E-state index is -0.757. The molecule has 2 amide bonds. The third kappa shape index (κ3) is 14.1. The standard InChI is InChI=1S/C25H40N4O5/c1-24(2,3)33-21(31)14-9-7-8-10-15-27-20(30)17-28-19-13-11-12-18(16-19)22(26)29-23(32)34-25(4,5)6/h11-13,16,28H,7-10,14-15,17H2,1-6H3,(H,27,30)(H2,26,29,32). The zero-order valence-electron chi connectivity index (χ0n) is 21.3. The van der Waals surface area contributed by atoms with Crippen LogP contribution in [0.5, 0.6) is 0 Å². The Morgan fingerprint density at radius 1 is 0.941 bits per heavy atom. The Morgan fingerprint density at radius 2 is 1.59 bits per heavy atom. The summed E-state index contributed by atoms with van der Waals surface area (Å²) in [7, 11) is 0. The van der Waals surface area contributed by atoms with Gasteiger partial charge in [-0.1, -0.05) is 25.0 Å². The number of amidine groups is 1. The van der Waals surface area contributed by atoms with Gasteiger partial charge >= 0.3 is 12.1 Å². The first-order chi connectivity index (χ1) is 15.7. The molecule has 0 radical (unpaired) electrons. The summed E-state index contributed by atoms with van der Waals surface area (Å²) in [5.74, 6) is -0.266. The first kappa shape index (κ1) is 28.9. The number of carbonyl (C=O) groups is 3. The van der Waals surface area contributed by atoms with Gasteiger partial charge in [0.25, 0.3) is 0 Å². The highest BCUT2D eigenvalue weighted by molar-refractivity contribution is 6.03. The molecule has 1 aromatic rings. The summed E-state index contributed by atoms with van der Waals surface area (Å²) in [6, 6.07) is 6.98. The summed E-state index contributed by atoms with van der Waals surface area (Å²) in [6.45, 7) is 11.5. The average molecular weight is 477 g/mol. The molecule has 0 saturated heterocycles. The number of nitrogens with two attached hydrogens (primary N) is 1. The summed E-state index contributed by atoms with van der Waals surface area (Å²) in [5.41, 5.74) is 6.03. The van der Waals surface area contributed by atoms with Crippen molar-refractivity contribution in [2.45, 2.75) is 84.8 Å². The smallest absolute Gasteiger partial charge is 0.436 e. The van der Waals surface area contributed by atoms with Crippen LogP contribution in [0.1, 0.15) is 79.2 Å². The fraction of sp³-hybridized carbons (Fsp3) is 0.600. The molecule has 190 valence electrons. The molecule has 0 saturated carbocycles. The molecule has 4 N–H and O–H groups in total. The summed E-state index contributed by atoms with van der Waals surface area (Å²) in [5, 5.41) is 5.90. The number of carbonyl (C=O) groups excluding carboxylic acids is 3. The molecule has 0 aliphatic carbocycles. The van der Waals surface area contributed by atoms with Crippen molar-refractivity contribution in [1.82, 2.24) is 5.32 Å². The SMILES string of the molecule is CC(C)(C)OC(=O)CCCCCCNC(=O)CNc1cccc(/C(N)=N\C(=O)OC(C)(C)C)c1. The Hall–Kier alpha value is -3.10. The van der Waals surface area contributed by atoms with Crippen molar-refractivity contribution in [2.24, 2.45) is 10.7 Å². The molecule has 0 aromatic heterocycles. The van der Waals surface area contributed by atoms with Crippen LogP contribution in [0, 0.1) is 0 Å². The molecular formula is C25H40N4O5. The lowest BCUT2D eigenvalue weighted by atomic mass is 10.1. The average Bonchev–Trinajstić information content (AvgIpc) is 2.69. The van der Waals surface area contributed by atoms with E-state index >= 15 is 0 Å². The number of rotatable bonds is 11. The van der Waals surface area contributed by atoms with Crippen LogP contribution in [0.3, 0.4) is 0 Å². The van der Waals surface area contributed by atoms with Crippen LogP contribution in [0.25, 0.3) is 0 Å². The van der Waals surface area contributed by atoms with Crippen LogP contribution in [0.4, 0.5) is 10.5 Å². The van der Waals surface area contributed by atoms with Gasteiger partial charge in [-0.3, -0.25) is 9.59 Å².